The van der Waals surface area contributed by atoms with Crippen LogP contribution < -0.4 is 5.69 Å². The lowest BCUT2D eigenvalue weighted by atomic mass is 10.3. The Morgan fingerprint density at radius 3 is 2.87 bits per heavy atom. The van der Waals surface area contributed by atoms with E-state index in [1.54, 1.807) is 18.3 Å². The van der Waals surface area contributed by atoms with Gasteiger partial charge in [0, 0.05) is 6.20 Å². The van der Waals surface area contributed by atoms with Gasteiger partial charge in [-0.1, -0.05) is 17.8 Å². The van der Waals surface area contributed by atoms with Gasteiger partial charge in [-0.25, -0.2) is 9.78 Å². The summed E-state index contributed by atoms with van der Waals surface area (Å²) in [4.78, 5) is 25.7. The second-order valence-corrected chi connectivity index (χ2v) is 3.48. The molecule has 0 bridgehead atoms. The molecule has 2 heterocycles. The van der Waals surface area contributed by atoms with E-state index in [2.05, 4.69) is 19.9 Å². The summed E-state index contributed by atoms with van der Waals surface area (Å²) in [7, 11) is 0. The number of nitrogens with zero attached hydrogens (tertiary/aromatic N) is 3. The van der Waals surface area contributed by atoms with E-state index in [9.17, 15) is 4.79 Å². The van der Waals surface area contributed by atoms with Crippen LogP contribution in [0.3, 0.4) is 0 Å². The minimum absolute atomic E-state index is 0.407. The fraction of sp³-hybridized carbons (Fsp3) is 0.111. The normalized spacial score (nSPS) is 10.2. The first-order valence-corrected chi connectivity index (χ1v) is 5.46. The van der Waals surface area contributed by atoms with Gasteiger partial charge in [-0.15, -0.1) is 0 Å². The van der Waals surface area contributed by atoms with Crippen LogP contribution in [0.4, 0.5) is 0 Å². The predicted octanol–water partition coefficient (Wildman–Crippen LogP) is 0.949. The Kier molecular flexibility index (Phi) is 2.77. The molecule has 0 amide bonds. The maximum atomic E-state index is 11.2. The SMILES string of the molecule is CSc1nc(-c2ccccn2)[nH]c(=O)n1. The van der Waals surface area contributed by atoms with Gasteiger partial charge in [0.1, 0.15) is 5.69 Å². The van der Waals surface area contributed by atoms with Crippen molar-refractivity contribution in [2.75, 3.05) is 6.26 Å². The number of hydrogen-bond acceptors (Lipinski definition) is 5. The summed E-state index contributed by atoms with van der Waals surface area (Å²) in [5.74, 6) is 0.444. The van der Waals surface area contributed by atoms with Crippen LogP contribution in [0.25, 0.3) is 11.5 Å². The molecule has 0 atom stereocenters. The summed E-state index contributed by atoms with van der Waals surface area (Å²) in [6.45, 7) is 0. The number of thioether (sulfide) groups is 1. The molecule has 0 aromatic carbocycles. The van der Waals surface area contributed by atoms with E-state index < -0.39 is 5.69 Å². The van der Waals surface area contributed by atoms with Crippen molar-refractivity contribution in [3.63, 3.8) is 0 Å². The van der Waals surface area contributed by atoms with Crippen molar-refractivity contribution in [3.8, 4) is 11.5 Å². The van der Waals surface area contributed by atoms with Gasteiger partial charge in [0.15, 0.2) is 11.0 Å². The van der Waals surface area contributed by atoms with Crippen molar-refractivity contribution >= 4 is 11.8 Å². The minimum atomic E-state index is -0.407. The van der Waals surface area contributed by atoms with Crippen molar-refractivity contribution in [2.45, 2.75) is 5.16 Å². The molecule has 5 nitrogen and oxygen atoms in total. The molecule has 0 saturated heterocycles. The van der Waals surface area contributed by atoms with Crippen molar-refractivity contribution < 1.29 is 0 Å². The van der Waals surface area contributed by atoms with E-state index in [4.69, 9.17) is 0 Å². The van der Waals surface area contributed by atoms with Crippen LogP contribution >= 0.6 is 11.8 Å². The summed E-state index contributed by atoms with van der Waals surface area (Å²) in [5, 5.41) is 0.444. The van der Waals surface area contributed by atoms with E-state index in [1.807, 2.05) is 12.3 Å². The van der Waals surface area contributed by atoms with Gasteiger partial charge < -0.3 is 0 Å². The summed E-state index contributed by atoms with van der Waals surface area (Å²) in [6.07, 6.45) is 3.46. The van der Waals surface area contributed by atoms with Crippen molar-refractivity contribution in [1.82, 2.24) is 19.9 Å². The van der Waals surface area contributed by atoms with Crippen LogP contribution in [-0.4, -0.2) is 26.2 Å². The van der Waals surface area contributed by atoms with Crippen LogP contribution in [-0.2, 0) is 0 Å². The third-order valence-electron chi connectivity index (χ3n) is 1.72. The van der Waals surface area contributed by atoms with Crippen LogP contribution in [0.5, 0.6) is 0 Å². The largest absolute Gasteiger partial charge is 0.349 e. The zero-order valence-corrected chi connectivity index (χ0v) is 8.78. The zero-order chi connectivity index (χ0) is 10.7. The van der Waals surface area contributed by atoms with Gasteiger partial charge in [0.25, 0.3) is 0 Å². The molecule has 2 aromatic rings. The quantitative estimate of drug-likeness (QED) is 0.763. The maximum Gasteiger partial charge on any atom is 0.349 e. The monoisotopic (exact) mass is 220 g/mol. The van der Waals surface area contributed by atoms with Crippen molar-refractivity contribution in [1.29, 1.82) is 0 Å². The Balaban J connectivity index is 2.54. The molecule has 2 rings (SSSR count). The first kappa shape index (κ1) is 9.85. The number of H-pyrrole nitrogens is 1. The highest BCUT2D eigenvalue weighted by atomic mass is 32.2. The number of nitrogens with one attached hydrogen (secondary N) is 1. The number of aromatic nitrogens is 4. The third kappa shape index (κ3) is 2.21. The van der Waals surface area contributed by atoms with Crippen molar-refractivity contribution in [2.24, 2.45) is 0 Å². The predicted molar refractivity (Wildman–Crippen MR) is 57.7 cm³/mol. The Bertz CT molecular complexity index is 511. The highest BCUT2D eigenvalue weighted by molar-refractivity contribution is 7.98. The van der Waals surface area contributed by atoms with Crippen LogP contribution in [0.1, 0.15) is 0 Å². The first-order chi connectivity index (χ1) is 7.29. The molecular weight excluding hydrogens is 212 g/mol. The lowest BCUT2D eigenvalue weighted by Gasteiger charge is -1.99. The molecule has 15 heavy (non-hydrogen) atoms. The average Bonchev–Trinajstić information content (AvgIpc) is 2.29. The molecule has 0 radical (unpaired) electrons. The fourth-order valence-corrected chi connectivity index (χ4v) is 1.44. The van der Waals surface area contributed by atoms with E-state index in [-0.39, 0.29) is 0 Å². The van der Waals surface area contributed by atoms with E-state index in [0.717, 1.165) is 0 Å². The molecule has 0 spiro atoms. The molecule has 0 aliphatic heterocycles. The summed E-state index contributed by atoms with van der Waals surface area (Å²) in [5.41, 5.74) is 0.224. The maximum absolute atomic E-state index is 11.2. The zero-order valence-electron chi connectivity index (χ0n) is 7.97. The number of aromatic amines is 1. The summed E-state index contributed by atoms with van der Waals surface area (Å²) >= 11 is 1.32. The summed E-state index contributed by atoms with van der Waals surface area (Å²) in [6, 6.07) is 5.42. The smallest absolute Gasteiger partial charge is 0.288 e. The Morgan fingerprint density at radius 1 is 1.33 bits per heavy atom. The first-order valence-electron chi connectivity index (χ1n) is 4.23. The number of rotatable bonds is 2. The molecule has 0 aliphatic rings. The Morgan fingerprint density at radius 2 is 2.20 bits per heavy atom. The van der Waals surface area contributed by atoms with Crippen molar-refractivity contribution in [3.05, 3.63) is 34.9 Å². The highest BCUT2D eigenvalue weighted by Crippen LogP contribution is 2.11. The molecule has 6 heteroatoms. The van der Waals surface area contributed by atoms with Crippen LogP contribution in [0.15, 0.2) is 34.3 Å². The van der Waals surface area contributed by atoms with Gasteiger partial charge >= 0.3 is 5.69 Å². The molecule has 0 saturated carbocycles. The number of pyridine rings is 1. The lowest BCUT2D eigenvalue weighted by molar-refractivity contribution is 0.867. The van der Waals surface area contributed by atoms with Gasteiger partial charge in [0.05, 0.1) is 0 Å². The van der Waals surface area contributed by atoms with Gasteiger partial charge in [-0.05, 0) is 18.4 Å². The highest BCUT2D eigenvalue weighted by Gasteiger charge is 2.04. The van der Waals surface area contributed by atoms with Crippen LogP contribution in [0, 0.1) is 0 Å². The van der Waals surface area contributed by atoms with E-state index >= 15 is 0 Å². The van der Waals surface area contributed by atoms with Gasteiger partial charge in [0.2, 0.25) is 0 Å². The number of hydrogen-bond donors (Lipinski definition) is 1. The summed E-state index contributed by atoms with van der Waals surface area (Å²) < 4.78 is 0. The van der Waals surface area contributed by atoms with Gasteiger partial charge in [-0.2, -0.15) is 4.98 Å². The standard InChI is InChI=1S/C9H8N4OS/c1-15-9-12-7(11-8(14)13-9)6-4-2-3-5-10-6/h2-5H,1H3,(H,11,12,13,14). The fourth-order valence-electron chi connectivity index (χ4n) is 1.08. The second-order valence-electron chi connectivity index (χ2n) is 2.70. The molecular formula is C9H8N4OS. The van der Waals surface area contributed by atoms with E-state index in [0.29, 0.717) is 16.7 Å². The lowest BCUT2D eigenvalue weighted by Crippen LogP contribution is -2.14. The molecule has 1 N–H and O–H groups in total. The minimum Gasteiger partial charge on any atom is -0.288 e. The molecule has 2 aromatic heterocycles. The van der Waals surface area contributed by atoms with E-state index in [1.165, 1.54) is 11.8 Å². The molecule has 0 fully saturated rings. The van der Waals surface area contributed by atoms with Gasteiger partial charge in [-0.3, -0.25) is 9.97 Å². The average molecular weight is 220 g/mol. The molecule has 0 unspecified atom stereocenters. The molecule has 0 aliphatic carbocycles. The second kappa shape index (κ2) is 4.22. The van der Waals surface area contributed by atoms with Crippen LogP contribution in [0.2, 0.25) is 0 Å². The third-order valence-corrected chi connectivity index (χ3v) is 2.27. The topological polar surface area (TPSA) is 71.5 Å². The Labute approximate surface area is 90.0 Å². The Hall–Kier alpha value is -1.69. The molecule has 76 valence electrons.